The second kappa shape index (κ2) is 27.4. The van der Waals surface area contributed by atoms with Gasteiger partial charge in [0.1, 0.15) is 29.9 Å². The Morgan fingerprint density at radius 2 is 1.34 bits per heavy atom. The predicted octanol–water partition coefficient (Wildman–Crippen LogP) is 11.7. The topological polar surface area (TPSA) is 114 Å². The molecule has 0 radical (unpaired) electrons. The third-order valence-electron chi connectivity index (χ3n) is 10.5. The first-order chi connectivity index (χ1) is 31.2. The highest BCUT2D eigenvalue weighted by Gasteiger charge is 2.27. The zero-order valence-electron chi connectivity index (χ0n) is 37.6. The first-order valence-electron chi connectivity index (χ1n) is 22.6. The molecule has 338 valence electrons. The maximum absolute atomic E-state index is 14.2. The van der Waals surface area contributed by atoms with Gasteiger partial charge >= 0.3 is 5.97 Å². The molecule has 5 rings (SSSR count). The molecular weight excluding hydrogens is 821 g/mol. The van der Waals surface area contributed by atoms with Crippen LogP contribution < -0.4 is 14.8 Å². The van der Waals surface area contributed by atoms with Crippen LogP contribution >= 0.6 is 11.3 Å². The second-order valence-electron chi connectivity index (χ2n) is 15.8. The van der Waals surface area contributed by atoms with Crippen LogP contribution in [0.25, 0.3) is 20.5 Å². The summed E-state index contributed by atoms with van der Waals surface area (Å²) < 4.78 is 18.0. The monoisotopic (exact) mass is 884 g/mol. The van der Waals surface area contributed by atoms with Gasteiger partial charge in [0, 0.05) is 52.1 Å². The van der Waals surface area contributed by atoms with E-state index in [9.17, 15) is 19.5 Å². The number of nitrogens with one attached hydrogen (secondary N) is 1. The Balaban J connectivity index is 1.12. The van der Waals surface area contributed by atoms with E-state index < -0.39 is 12.0 Å². The van der Waals surface area contributed by atoms with Crippen molar-refractivity contribution in [1.29, 1.82) is 0 Å². The molecule has 0 bridgehead atoms. The fourth-order valence-corrected chi connectivity index (χ4v) is 8.16. The summed E-state index contributed by atoms with van der Waals surface area (Å²) in [5.41, 5.74) is 1.80. The van der Waals surface area contributed by atoms with Crippen molar-refractivity contribution in [3.63, 3.8) is 0 Å². The summed E-state index contributed by atoms with van der Waals surface area (Å²) in [4.78, 5) is 43.7. The minimum atomic E-state index is -0.840. The zero-order valence-corrected chi connectivity index (χ0v) is 38.4. The molecule has 0 aliphatic carbocycles. The average Bonchev–Trinajstić information content (AvgIpc) is 3.68. The van der Waals surface area contributed by atoms with Crippen molar-refractivity contribution in [2.75, 3.05) is 39.5 Å². The molecule has 1 aliphatic heterocycles. The van der Waals surface area contributed by atoms with Crippen LogP contribution in [-0.4, -0.2) is 73.2 Å². The summed E-state index contributed by atoms with van der Waals surface area (Å²) in [5.74, 6) is -0.0343. The van der Waals surface area contributed by atoms with Crippen LogP contribution in [0.5, 0.6) is 17.2 Å². The highest BCUT2D eigenvalue weighted by Crippen LogP contribution is 2.42. The van der Waals surface area contributed by atoms with Crippen molar-refractivity contribution < 1.29 is 33.7 Å². The van der Waals surface area contributed by atoms with Gasteiger partial charge in [0.15, 0.2) is 5.78 Å². The van der Waals surface area contributed by atoms with Crippen molar-refractivity contribution in [3.05, 3.63) is 151 Å². The van der Waals surface area contributed by atoms with Gasteiger partial charge < -0.3 is 24.6 Å². The van der Waals surface area contributed by atoms with Gasteiger partial charge in [-0.3, -0.25) is 14.5 Å². The summed E-state index contributed by atoms with van der Waals surface area (Å²) in [6.07, 6.45) is 32.2. The molecule has 0 spiro atoms. The van der Waals surface area contributed by atoms with Crippen LogP contribution in [0.4, 0.5) is 0 Å². The molecule has 1 amide bonds. The number of hydrogen-bond acceptors (Lipinski definition) is 9. The van der Waals surface area contributed by atoms with E-state index in [1.165, 1.54) is 11.3 Å². The molecule has 0 saturated carbocycles. The number of thiophene rings is 1. The first kappa shape index (κ1) is 49.2. The van der Waals surface area contributed by atoms with Crippen LogP contribution in [0.1, 0.15) is 88.1 Å². The van der Waals surface area contributed by atoms with Crippen molar-refractivity contribution in [1.82, 2.24) is 10.2 Å². The number of hydrogen-bond donors (Lipinski definition) is 2. The van der Waals surface area contributed by atoms with Crippen molar-refractivity contribution in [3.8, 4) is 27.7 Å². The minimum Gasteiger partial charge on any atom is -0.508 e. The standard InChI is InChI=1S/C54H64N2O7S/c1-4-5-6-7-8-9-10-11-12-13-14-15-16-17-18-19-20-21-22-23-49(58)55-51(41(2)3)54(60)63-46-32-33-47-48(40-46)64-53(43-24-28-44(57)29-25-43)50(47)52(59)42-26-30-45(31-27-42)62-39-36-56-34-37-61-38-35-56/h5-6,8-9,11-12,14-15,17-18,20-21,24-33,40-41,51,57H,4,7,10,13,16,19,22-23,34-39H2,1-3H3,(H,55,58)/b6-5-,9-8-,12-11-,15-14-,18-17-,21-20-. The van der Waals surface area contributed by atoms with E-state index in [4.69, 9.17) is 14.2 Å². The molecule has 1 atom stereocenters. The van der Waals surface area contributed by atoms with Gasteiger partial charge in [-0.2, -0.15) is 0 Å². The lowest BCUT2D eigenvalue weighted by Crippen LogP contribution is -2.46. The Morgan fingerprint density at radius 1 is 0.766 bits per heavy atom. The highest BCUT2D eigenvalue weighted by molar-refractivity contribution is 7.22. The van der Waals surface area contributed by atoms with Gasteiger partial charge in [0.25, 0.3) is 0 Å². The number of aromatic hydroxyl groups is 1. The number of rotatable bonds is 25. The lowest BCUT2D eigenvalue weighted by molar-refractivity contribution is -0.140. The summed E-state index contributed by atoms with van der Waals surface area (Å²) in [6.45, 7) is 10.5. The number of esters is 1. The molecule has 1 fully saturated rings. The second-order valence-corrected chi connectivity index (χ2v) is 16.9. The average molecular weight is 885 g/mol. The molecular formula is C54H64N2O7S. The Hall–Kier alpha value is -5.81. The van der Waals surface area contributed by atoms with Gasteiger partial charge in [-0.1, -0.05) is 93.7 Å². The van der Waals surface area contributed by atoms with E-state index in [1.807, 2.05) is 38.1 Å². The fraction of sp³-hybridized carbons (Fsp3) is 0.352. The molecule has 3 aromatic carbocycles. The smallest absolute Gasteiger partial charge is 0.334 e. The number of benzene rings is 3. The van der Waals surface area contributed by atoms with Gasteiger partial charge in [0.2, 0.25) is 5.91 Å². The largest absolute Gasteiger partial charge is 0.508 e. The third-order valence-corrected chi connectivity index (χ3v) is 11.7. The van der Waals surface area contributed by atoms with E-state index in [0.717, 1.165) is 86.5 Å². The highest BCUT2D eigenvalue weighted by atomic mass is 32.1. The van der Waals surface area contributed by atoms with Gasteiger partial charge in [-0.25, -0.2) is 4.79 Å². The van der Waals surface area contributed by atoms with Crippen molar-refractivity contribution in [2.45, 2.75) is 78.2 Å². The van der Waals surface area contributed by atoms with E-state index in [0.29, 0.717) is 41.0 Å². The van der Waals surface area contributed by atoms with Crippen LogP contribution in [0, 0.1) is 5.92 Å². The number of phenols is 1. The normalized spacial score (nSPS) is 14.4. The molecule has 1 saturated heterocycles. The van der Waals surface area contributed by atoms with Crippen LogP contribution in [0.2, 0.25) is 0 Å². The predicted molar refractivity (Wildman–Crippen MR) is 261 cm³/mol. The Bertz CT molecular complexity index is 2260. The molecule has 9 nitrogen and oxygen atoms in total. The maximum atomic E-state index is 14.2. The molecule has 10 heteroatoms. The molecule has 2 N–H and O–H groups in total. The van der Waals surface area contributed by atoms with E-state index >= 15 is 0 Å². The summed E-state index contributed by atoms with van der Waals surface area (Å²) >= 11 is 1.40. The number of morpholine rings is 1. The van der Waals surface area contributed by atoms with E-state index in [-0.39, 0.29) is 29.8 Å². The molecule has 2 heterocycles. The zero-order chi connectivity index (χ0) is 45.4. The number of ether oxygens (including phenoxy) is 3. The number of carbonyl (C=O) groups excluding carboxylic acids is 3. The van der Waals surface area contributed by atoms with Crippen LogP contribution in [-0.2, 0) is 14.3 Å². The van der Waals surface area contributed by atoms with Gasteiger partial charge in [-0.05, 0) is 123 Å². The number of amides is 1. The van der Waals surface area contributed by atoms with Gasteiger partial charge in [-0.15, -0.1) is 11.3 Å². The van der Waals surface area contributed by atoms with Crippen molar-refractivity contribution >= 4 is 39.1 Å². The number of ketones is 1. The summed E-state index contributed by atoms with van der Waals surface area (Å²) in [5, 5.41) is 13.6. The number of fused-ring (bicyclic) bond motifs is 1. The molecule has 64 heavy (non-hydrogen) atoms. The summed E-state index contributed by atoms with van der Waals surface area (Å²) in [7, 11) is 0. The number of allylic oxidation sites excluding steroid dienone is 12. The van der Waals surface area contributed by atoms with Crippen LogP contribution in [0.3, 0.4) is 0 Å². The fourth-order valence-electron chi connectivity index (χ4n) is 6.92. The molecule has 1 aliphatic rings. The SMILES string of the molecule is CC/C=C\C/C=C\C/C=C\C/C=C\C/C=C\C/C=C\CCC(=O)NC(C(=O)Oc1ccc2c(C(=O)c3ccc(OCCN4CCOCC4)cc3)c(-c3ccc(O)cc3)sc2c1)C(C)C. The van der Waals surface area contributed by atoms with Crippen molar-refractivity contribution in [2.24, 2.45) is 5.92 Å². The lowest BCUT2D eigenvalue weighted by atomic mass is 9.97. The number of nitrogens with zero attached hydrogens (tertiary/aromatic N) is 1. The summed E-state index contributed by atoms with van der Waals surface area (Å²) in [6, 6.07) is 18.3. The Kier molecular flexibility index (Phi) is 21.1. The third kappa shape index (κ3) is 16.4. The lowest BCUT2D eigenvalue weighted by Gasteiger charge is -2.26. The van der Waals surface area contributed by atoms with E-state index in [2.05, 4.69) is 77.9 Å². The van der Waals surface area contributed by atoms with E-state index in [1.54, 1.807) is 54.6 Å². The molecule has 1 unspecified atom stereocenters. The first-order valence-corrected chi connectivity index (χ1v) is 23.4. The maximum Gasteiger partial charge on any atom is 0.334 e. The molecule has 1 aromatic heterocycles. The number of phenolic OH excluding ortho intramolecular Hbond substituents is 1. The minimum absolute atomic E-state index is 0.122. The van der Waals surface area contributed by atoms with Crippen LogP contribution in [0.15, 0.2) is 140 Å². The quantitative estimate of drug-likeness (QED) is 0.0293. The van der Waals surface area contributed by atoms with Gasteiger partial charge in [0.05, 0.1) is 13.2 Å². The Labute approximate surface area is 383 Å². The molecule has 4 aromatic rings. The number of carbonyl (C=O) groups is 3. The Morgan fingerprint density at radius 3 is 1.94 bits per heavy atom.